The number of fused-ring (bicyclic) bond motifs is 3. The molecule has 0 aliphatic heterocycles. The predicted octanol–water partition coefficient (Wildman–Crippen LogP) is 1.58. The van der Waals surface area contributed by atoms with Crippen molar-refractivity contribution in [1.82, 2.24) is 0 Å². The van der Waals surface area contributed by atoms with Crippen LogP contribution in [0.3, 0.4) is 0 Å². The molecule has 0 spiro atoms. The number of Topliss-reactive ketones (excluding diaryl/α,β-unsaturated/α-hetero) is 2. The fourth-order valence-electron chi connectivity index (χ4n) is 2.56. The number of rotatable bonds is 0. The van der Waals surface area contributed by atoms with Crippen LogP contribution in [-0.4, -0.2) is 11.6 Å². The fraction of sp³-hybridized carbons (Fsp3) is 0.800. The molecule has 3 unspecified atom stereocenters. The van der Waals surface area contributed by atoms with E-state index in [1.807, 2.05) is 6.92 Å². The highest BCUT2D eigenvalue weighted by atomic mass is 16.2. The van der Waals surface area contributed by atoms with Crippen LogP contribution in [0.25, 0.3) is 0 Å². The third-order valence-electron chi connectivity index (χ3n) is 3.79. The summed E-state index contributed by atoms with van der Waals surface area (Å²) in [7, 11) is 0. The van der Waals surface area contributed by atoms with Gasteiger partial charge in [0.15, 0.2) is 0 Å². The first-order valence-corrected chi connectivity index (χ1v) is 4.61. The number of ketones is 2. The van der Waals surface area contributed by atoms with Crippen molar-refractivity contribution < 1.29 is 9.59 Å². The Morgan fingerprint density at radius 3 is 2.58 bits per heavy atom. The molecular weight excluding hydrogens is 152 g/mol. The Balaban J connectivity index is 2.39. The highest BCUT2D eigenvalue weighted by Gasteiger charge is 2.52. The van der Waals surface area contributed by atoms with Crippen LogP contribution < -0.4 is 0 Å². The van der Waals surface area contributed by atoms with E-state index in [1.54, 1.807) is 0 Å². The maximum atomic E-state index is 11.6. The van der Waals surface area contributed by atoms with E-state index in [0.29, 0.717) is 6.42 Å². The van der Waals surface area contributed by atoms with E-state index in [9.17, 15) is 9.59 Å². The summed E-state index contributed by atoms with van der Waals surface area (Å²) < 4.78 is 0. The summed E-state index contributed by atoms with van der Waals surface area (Å²) in [5, 5.41) is 0. The third kappa shape index (κ3) is 0.809. The van der Waals surface area contributed by atoms with Crippen molar-refractivity contribution in [2.75, 3.05) is 0 Å². The Bertz CT molecular complexity index is 257. The topological polar surface area (TPSA) is 34.1 Å². The molecule has 3 fully saturated rings. The van der Waals surface area contributed by atoms with Crippen LogP contribution in [0, 0.1) is 17.3 Å². The quantitative estimate of drug-likeness (QED) is 0.512. The first-order valence-electron chi connectivity index (χ1n) is 4.61. The van der Waals surface area contributed by atoms with Crippen LogP contribution in [0.2, 0.25) is 0 Å². The molecule has 3 aliphatic carbocycles. The molecule has 0 N–H and O–H groups in total. The minimum absolute atomic E-state index is 0.0110. The summed E-state index contributed by atoms with van der Waals surface area (Å²) in [6, 6.07) is 0. The highest BCUT2D eigenvalue weighted by Crippen LogP contribution is 2.49. The number of carbonyl (C=O) groups is 2. The van der Waals surface area contributed by atoms with Crippen molar-refractivity contribution in [2.45, 2.75) is 33.1 Å². The van der Waals surface area contributed by atoms with Gasteiger partial charge < -0.3 is 0 Å². The maximum absolute atomic E-state index is 11.6. The minimum atomic E-state index is -0.234. The van der Waals surface area contributed by atoms with Crippen molar-refractivity contribution in [3.8, 4) is 0 Å². The molecule has 0 aromatic rings. The van der Waals surface area contributed by atoms with Gasteiger partial charge in [0.2, 0.25) is 0 Å². The molecular formula is C10H14O2. The molecule has 12 heavy (non-hydrogen) atoms. The molecule has 0 amide bonds. The summed E-state index contributed by atoms with van der Waals surface area (Å²) in [6.45, 7) is 4.05. The van der Waals surface area contributed by atoms with E-state index < -0.39 is 0 Å². The van der Waals surface area contributed by atoms with Gasteiger partial charge in [0.25, 0.3) is 0 Å². The average molecular weight is 166 g/mol. The third-order valence-corrected chi connectivity index (χ3v) is 3.79. The molecule has 0 heterocycles. The molecule has 3 rings (SSSR count). The molecule has 3 saturated carbocycles. The zero-order chi connectivity index (χ0) is 8.93. The van der Waals surface area contributed by atoms with Crippen molar-refractivity contribution >= 4 is 11.6 Å². The molecule has 66 valence electrons. The van der Waals surface area contributed by atoms with Gasteiger partial charge >= 0.3 is 0 Å². The Labute approximate surface area is 72.3 Å². The van der Waals surface area contributed by atoms with E-state index in [4.69, 9.17) is 0 Å². The molecule has 0 radical (unpaired) electrons. The van der Waals surface area contributed by atoms with Gasteiger partial charge in [-0.15, -0.1) is 0 Å². The molecule has 3 aliphatic rings. The van der Waals surface area contributed by atoms with Gasteiger partial charge in [-0.1, -0.05) is 13.8 Å². The predicted molar refractivity (Wildman–Crippen MR) is 44.6 cm³/mol. The number of hydrogen-bond acceptors (Lipinski definition) is 2. The highest BCUT2D eigenvalue weighted by molar-refractivity contribution is 6.07. The largest absolute Gasteiger partial charge is 0.299 e. The van der Waals surface area contributed by atoms with Crippen LogP contribution in [0.5, 0.6) is 0 Å². The summed E-state index contributed by atoms with van der Waals surface area (Å²) >= 11 is 0. The Hall–Kier alpha value is -0.660. The van der Waals surface area contributed by atoms with E-state index in [0.717, 1.165) is 12.8 Å². The second kappa shape index (κ2) is 2.18. The number of carbonyl (C=O) groups excluding carboxylic acids is 2. The van der Waals surface area contributed by atoms with Crippen molar-refractivity contribution in [1.29, 1.82) is 0 Å². The van der Waals surface area contributed by atoms with Crippen molar-refractivity contribution in [3.63, 3.8) is 0 Å². The van der Waals surface area contributed by atoms with Crippen molar-refractivity contribution in [3.05, 3.63) is 0 Å². The van der Waals surface area contributed by atoms with E-state index in [-0.39, 0.29) is 28.8 Å². The van der Waals surface area contributed by atoms with Crippen LogP contribution in [0.1, 0.15) is 33.1 Å². The SMILES string of the molecule is CC1C(=O)C2CCC1(C)CC2=O. The monoisotopic (exact) mass is 166 g/mol. The van der Waals surface area contributed by atoms with Gasteiger partial charge in [0.1, 0.15) is 11.6 Å². The zero-order valence-corrected chi connectivity index (χ0v) is 7.59. The Morgan fingerprint density at radius 1 is 1.42 bits per heavy atom. The molecule has 2 bridgehead atoms. The molecule has 3 atom stereocenters. The van der Waals surface area contributed by atoms with E-state index in [1.165, 1.54) is 0 Å². The standard InChI is InChI=1S/C10H14O2/c1-6-9(12)7-3-4-10(6,2)5-8(7)11/h6-7H,3-5H2,1-2H3. The lowest BCUT2D eigenvalue weighted by Crippen LogP contribution is -2.50. The Morgan fingerprint density at radius 2 is 2.08 bits per heavy atom. The van der Waals surface area contributed by atoms with Crippen molar-refractivity contribution in [2.24, 2.45) is 17.3 Å². The second-order valence-electron chi connectivity index (χ2n) is 4.51. The molecule has 0 saturated heterocycles. The summed E-state index contributed by atoms with van der Waals surface area (Å²) in [4.78, 5) is 23.0. The van der Waals surface area contributed by atoms with Gasteiger partial charge in [-0.3, -0.25) is 9.59 Å². The Kier molecular flexibility index (Phi) is 1.45. The van der Waals surface area contributed by atoms with Crippen LogP contribution in [-0.2, 0) is 9.59 Å². The first kappa shape index (κ1) is 7.96. The fourth-order valence-corrected chi connectivity index (χ4v) is 2.56. The van der Waals surface area contributed by atoms with Gasteiger partial charge in [0, 0.05) is 12.3 Å². The lowest BCUT2D eigenvalue weighted by molar-refractivity contribution is -0.151. The second-order valence-corrected chi connectivity index (χ2v) is 4.51. The van der Waals surface area contributed by atoms with Crippen LogP contribution >= 0.6 is 0 Å². The van der Waals surface area contributed by atoms with Gasteiger partial charge in [-0.05, 0) is 18.3 Å². The lowest BCUT2D eigenvalue weighted by atomic mass is 9.55. The first-order chi connectivity index (χ1) is 5.54. The summed E-state index contributed by atoms with van der Waals surface area (Å²) in [5.74, 6) is 0.252. The lowest BCUT2D eigenvalue weighted by Gasteiger charge is -2.46. The zero-order valence-electron chi connectivity index (χ0n) is 7.59. The molecule has 2 heteroatoms. The molecule has 0 aromatic carbocycles. The summed E-state index contributed by atoms with van der Waals surface area (Å²) in [5.41, 5.74) is -0.0110. The smallest absolute Gasteiger partial charge is 0.146 e. The van der Waals surface area contributed by atoms with Gasteiger partial charge in [-0.25, -0.2) is 0 Å². The average Bonchev–Trinajstić information content (AvgIpc) is 1.99. The minimum Gasteiger partial charge on any atom is -0.299 e. The van der Waals surface area contributed by atoms with Crippen LogP contribution in [0.4, 0.5) is 0 Å². The number of hydrogen-bond donors (Lipinski definition) is 0. The van der Waals surface area contributed by atoms with E-state index >= 15 is 0 Å². The van der Waals surface area contributed by atoms with Crippen LogP contribution in [0.15, 0.2) is 0 Å². The molecule has 0 aromatic heterocycles. The van der Waals surface area contributed by atoms with E-state index in [2.05, 4.69) is 6.92 Å². The normalized spacial score (nSPS) is 46.8. The summed E-state index contributed by atoms with van der Waals surface area (Å²) in [6.07, 6.45) is 2.49. The van der Waals surface area contributed by atoms with Gasteiger partial charge in [-0.2, -0.15) is 0 Å². The van der Waals surface area contributed by atoms with Gasteiger partial charge in [0.05, 0.1) is 5.92 Å². The maximum Gasteiger partial charge on any atom is 0.146 e. The molecule has 2 nitrogen and oxygen atoms in total.